The molecule has 26 heavy (non-hydrogen) atoms. The molecule has 5 nitrogen and oxygen atoms in total. The Bertz CT molecular complexity index is 826. The fourth-order valence-electron chi connectivity index (χ4n) is 3.39. The maximum atomic E-state index is 13.0. The van der Waals surface area contributed by atoms with E-state index in [0.29, 0.717) is 12.2 Å². The van der Waals surface area contributed by atoms with E-state index in [0.717, 1.165) is 22.4 Å². The Balaban J connectivity index is 1.64. The Morgan fingerprint density at radius 3 is 2.35 bits per heavy atom. The van der Waals surface area contributed by atoms with Crippen molar-refractivity contribution in [2.75, 3.05) is 16.8 Å². The van der Waals surface area contributed by atoms with Crippen molar-refractivity contribution in [1.82, 2.24) is 5.32 Å². The lowest BCUT2D eigenvalue weighted by molar-refractivity contribution is -0.117. The molecule has 3 amide bonds. The number of urea groups is 1. The number of nitrogens with one attached hydrogen (secondary N) is 2. The zero-order valence-electron chi connectivity index (χ0n) is 15.1. The molecule has 0 radical (unpaired) electrons. The molecule has 6 heteroatoms. The molecule has 0 aliphatic carbocycles. The minimum Gasteiger partial charge on any atom is -0.333 e. The van der Waals surface area contributed by atoms with Crippen LogP contribution < -0.4 is 15.5 Å². The van der Waals surface area contributed by atoms with E-state index in [1.807, 2.05) is 32.9 Å². The van der Waals surface area contributed by atoms with Crippen molar-refractivity contribution in [3.05, 3.63) is 58.9 Å². The molecule has 1 saturated heterocycles. The van der Waals surface area contributed by atoms with Gasteiger partial charge in [-0.25, -0.2) is 9.18 Å². The molecule has 1 heterocycles. The average Bonchev–Trinajstić information content (AvgIpc) is 2.92. The van der Waals surface area contributed by atoms with Gasteiger partial charge in [0.25, 0.3) is 0 Å². The number of halogens is 1. The maximum Gasteiger partial charge on any atom is 0.319 e. The average molecular weight is 355 g/mol. The Hall–Kier alpha value is -2.89. The zero-order valence-corrected chi connectivity index (χ0v) is 15.1. The predicted octanol–water partition coefficient (Wildman–Crippen LogP) is 3.68. The normalized spacial score (nSPS) is 16.7. The van der Waals surface area contributed by atoms with Gasteiger partial charge in [-0.1, -0.05) is 17.7 Å². The molecule has 0 bridgehead atoms. The van der Waals surface area contributed by atoms with Gasteiger partial charge in [-0.2, -0.15) is 0 Å². The van der Waals surface area contributed by atoms with Gasteiger partial charge in [-0.05, 0) is 56.2 Å². The van der Waals surface area contributed by atoms with Crippen molar-refractivity contribution in [1.29, 1.82) is 0 Å². The number of aryl methyl sites for hydroxylation is 3. The second kappa shape index (κ2) is 7.15. The smallest absolute Gasteiger partial charge is 0.319 e. The lowest BCUT2D eigenvalue weighted by atomic mass is 10.1. The SMILES string of the molecule is Cc1cc(C)c(NC(=O)NC2CC(=O)N(c3ccc(F)cc3)C2)c(C)c1. The van der Waals surface area contributed by atoms with Crippen LogP contribution in [0, 0.1) is 26.6 Å². The fourth-order valence-corrected chi connectivity index (χ4v) is 3.39. The van der Waals surface area contributed by atoms with Gasteiger partial charge < -0.3 is 15.5 Å². The van der Waals surface area contributed by atoms with E-state index in [9.17, 15) is 14.0 Å². The van der Waals surface area contributed by atoms with Crippen molar-refractivity contribution in [2.24, 2.45) is 0 Å². The number of nitrogens with zero attached hydrogens (tertiary/aromatic N) is 1. The van der Waals surface area contributed by atoms with Crippen molar-refractivity contribution >= 4 is 23.3 Å². The fraction of sp³-hybridized carbons (Fsp3) is 0.300. The number of carbonyl (C=O) groups is 2. The lowest BCUT2D eigenvalue weighted by Crippen LogP contribution is -2.40. The van der Waals surface area contributed by atoms with Gasteiger partial charge in [0.2, 0.25) is 5.91 Å². The van der Waals surface area contributed by atoms with E-state index in [2.05, 4.69) is 10.6 Å². The van der Waals surface area contributed by atoms with Crippen LogP contribution in [-0.2, 0) is 4.79 Å². The molecule has 0 spiro atoms. The largest absolute Gasteiger partial charge is 0.333 e. The molecule has 1 aliphatic heterocycles. The summed E-state index contributed by atoms with van der Waals surface area (Å²) in [6, 6.07) is 9.16. The summed E-state index contributed by atoms with van der Waals surface area (Å²) in [5.41, 5.74) is 4.54. The third-order valence-electron chi connectivity index (χ3n) is 4.51. The number of rotatable bonds is 3. The molecule has 3 rings (SSSR count). The summed E-state index contributed by atoms with van der Waals surface area (Å²) >= 11 is 0. The lowest BCUT2D eigenvalue weighted by Gasteiger charge is -2.18. The first-order valence-electron chi connectivity index (χ1n) is 8.55. The van der Waals surface area contributed by atoms with Gasteiger partial charge in [0.05, 0.1) is 6.04 Å². The second-order valence-corrected chi connectivity index (χ2v) is 6.75. The predicted molar refractivity (Wildman–Crippen MR) is 100.0 cm³/mol. The molecule has 0 saturated carbocycles. The van der Waals surface area contributed by atoms with Crippen molar-refractivity contribution < 1.29 is 14.0 Å². The highest BCUT2D eigenvalue weighted by molar-refractivity contribution is 5.98. The first-order chi connectivity index (χ1) is 12.3. The highest BCUT2D eigenvalue weighted by atomic mass is 19.1. The van der Waals surface area contributed by atoms with Crippen LogP contribution in [0.3, 0.4) is 0 Å². The van der Waals surface area contributed by atoms with Crippen LogP contribution in [0.2, 0.25) is 0 Å². The van der Waals surface area contributed by atoms with Crippen LogP contribution in [0.15, 0.2) is 36.4 Å². The molecule has 1 atom stereocenters. The van der Waals surface area contributed by atoms with Crippen molar-refractivity contribution in [2.45, 2.75) is 33.2 Å². The summed E-state index contributed by atoms with van der Waals surface area (Å²) < 4.78 is 13.0. The number of amides is 3. The molecule has 2 N–H and O–H groups in total. The molecule has 1 unspecified atom stereocenters. The third kappa shape index (κ3) is 3.85. The minimum absolute atomic E-state index is 0.0930. The monoisotopic (exact) mass is 355 g/mol. The number of hydrogen-bond acceptors (Lipinski definition) is 2. The maximum absolute atomic E-state index is 13.0. The number of benzene rings is 2. The Labute approximate surface area is 152 Å². The van der Waals surface area contributed by atoms with E-state index in [4.69, 9.17) is 0 Å². The van der Waals surface area contributed by atoms with E-state index in [1.165, 1.54) is 12.1 Å². The van der Waals surface area contributed by atoms with Crippen molar-refractivity contribution in [3.63, 3.8) is 0 Å². The molecule has 1 fully saturated rings. The summed E-state index contributed by atoms with van der Waals surface area (Å²) in [7, 11) is 0. The first-order valence-corrected chi connectivity index (χ1v) is 8.55. The summed E-state index contributed by atoms with van der Waals surface area (Å²) in [5.74, 6) is -0.442. The quantitative estimate of drug-likeness (QED) is 0.882. The van der Waals surface area contributed by atoms with Gasteiger partial charge in [-0.15, -0.1) is 0 Å². The van der Waals surface area contributed by atoms with Crippen LogP contribution in [0.25, 0.3) is 0 Å². The Morgan fingerprint density at radius 1 is 1.12 bits per heavy atom. The van der Waals surface area contributed by atoms with Crippen molar-refractivity contribution in [3.8, 4) is 0 Å². The molecular weight excluding hydrogens is 333 g/mol. The van der Waals surface area contributed by atoms with Crippen LogP contribution >= 0.6 is 0 Å². The van der Waals surface area contributed by atoms with E-state index >= 15 is 0 Å². The van der Waals surface area contributed by atoms with Crippen LogP contribution in [0.4, 0.5) is 20.6 Å². The number of hydrogen-bond donors (Lipinski definition) is 2. The van der Waals surface area contributed by atoms with Gasteiger partial charge >= 0.3 is 6.03 Å². The number of carbonyl (C=O) groups excluding carboxylic acids is 2. The molecule has 2 aromatic rings. The highest BCUT2D eigenvalue weighted by Crippen LogP contribution is 2.23. The highest BCUT2D eigenvalue weighted by Gasteiger charge is 2.31. The van der Waals surface area contributed by atoms with Crippen LogP contribution in [0.1, 0.15) is 23.1 Å². The summed E-state index contributed by atoms with van der Waals surface area (Å²) in [6.45, 7) is 6.28. The van der Waals surface area contributed by atoms with Crippen LogP contribution in [-0.4, -0.2) is 24.5 Å². The number of anilines is 2. The third-order valence-corrected chi connectivity index (χ3v) is 4.51. The zero-order chi connectivity index (χ0) is 18.8. The Morgan fingerprint density at radius 2 is 1.73 bits per heavy atom. The standard InChI is InChI=1S/C20H22FN3O2/c1-12-8-13(2)19(14(3)9-12)23-20(26)22-16-10-18(25)24(11-16)17-6-4-15(21)5-7-17/h4-9,16H,10-11H2,1-3H3,(H2,22,23,26). The van der Waals surface area contributed by atoms with Gasteiger partial charge in [0.1, 0.15) is 5.82 Å². The second-order valence-electron chi connectivity index (χ2n) is 6.75. The minimum atomic E-state index is -0.349. The summed E-state index contributed by atoms with van der Waals surface area (Å²) in [4.78, 5) is 26.1. The van der Waals surface area contributed by atoms with Crippen LogP contribution in [0.5, 0.6) is 0 Å². The van der Waals surface area contributed by atoms with E-state index in [1.54, 1.807) is 17.0 Å². The van der Waals surface area contributed by atoms with E-state index in [-0.39, 0.29) is 30.2 Å². The molecular formula is C20H22FN3O2. The first kappa shape index (κ1) is 17.9. The van der Waals surface area contributed by atoms with Gasteiger partial charge in [-0.3, -0.25) is 4.79 Å². The summed E-state index contributed by atoms with van der Waals surface area (Å²) in [5, 5.41) is 5.73. The molecule has 136 valence electrons. The molecule has 0 aromatic heterocycles. The van der Waals surface area contributed by atoms with Gasteiger partial charge in [0, 0.05) is 24.3 Å². The van der Waals surface area contributed by atoms with Gasteiger partial charge in [0.15, 0.2) is 0 Å². The summed E-state index contributed by atoms with van der Waals surface area (Å²) in [6.07, 6.45) is 0.219. The topological polar surface area (TPSA) is 61.4 Å². The molecule has 2 aromatic carbocycles. The Kier molecular flexibility index (Phi) is 4.93. The molecule has 1 aliphatic rings. The van der Waals surface area contributed by atoms with E-state index < -0.39 is 0 Å².